The Morgan fingerprint density at radius 3 is 2.78 bits per heavy atom. The van der Waals surface area contributed by atoms with Crippen LogP contribution in [0.15, 0.2) is 29.8 Å². The van der Waals surface area contributed by atoms with Crippen LogP contribution < -0.4 is 0 Å². The van der Waals surface area contributed by atoms with Gasteiger partial charge in [0.1, 0.15) is 0 Å². The SMILES string of the molecule is CC(=O)OC1C#CCCCCC#CC1=Cc1ccccc1CO. The van der Waals surface area contributed by atoms with Gasteiger partial charge < -0.3 is 9.84 Å². The molecule has 23 heavy (non-hydrogen) atoms. The van der Waals surface area contributed by atoms with Gasteiger partial charge in [0.2, 0.25) is 0 Å². The smallest absolute Gasteiger partial charge is 0.304 e. The number of esters is 1. The van der Waals surface area contributed by atoms with Crippen molar-refractivity contribution in [2.45, 2.75) is 45.3 Å². The highest BCUT2D eigenvalue weighted by atomic mass is 16.5. The third-order valence-electron chi connectivity index (χ3n) is 3.42. The molecule has 118 valence electrons. The number of hydrogen-bond acceptors (Lipinski definition) is 3. The van der Waals surface area contributed by atoms with Crippen LogP contribution in [0, 0.1) is 23.7 Å². The highest BCUT2D eigenvalue weighted by Crippen LogP contribution is 2.17. The first-order valence-corrected chi connectivity index (χ1v) is 7.75. The number of carbonyl (C=O) groups is 1. The summed E-state index contributed by atoms with van der Waals surface area (Å²) in [5, 5.41) is 9.46. The zero-order valence-corrected chi connectivity index (χ0v) is 13.3. The van der Waals surface area contributed by atoms with Gasteiger partial charge in [0.15, 0.2) is 6.10 Å². The van der Waals surface area contributed by atoms with Crippen LogP contribution in [0.3, 0.4) is 0 Å². The molecule has 0 spiro atoms. The van der Waals surface area contributed by atoms with E-state index in [9.17, 15) is 9.90 Å². The van der Waals surface area contributed by atoms with Crippen LogP contribution in [0.5, 0.6) is 0 Å². The van der Waals surface area contributed by atoms with E-state index in [2.05, 4.69) is 23.7 Å². The lowest BCUT2D eigenvalue weighted by molar-refractivity contribution is -0.142. The molecule has 0 aromatic heterocycles. The van der Waals surface area contributed by atoms with Gasteiger partial charge in [0, 0.05) is 19.8 Å². The van der Waals surface area contributed by atoms with E-state index in [1.165, 1.54) is 6.92 Å². The molecule has 2 rings (SSSR count). The summed E-state index contributed by atoms with van der Waals surface area (Å²) in [4.78, 5) is 11.4. The average molecular weight is 308 g/mol. The summed E-state index contributed by atoms with van der Waals surface area (Å²) in [6.07, 6.45) is 4.78. The molecule has 1 aromatic carbocycles. The lowest BCUT2D eigenvalue weighted by Crippen LogP contribution is -2.16. The molecule has 3 nitrogen and oxygen atoms in total. The first-order valence-electron chi connectivity index (χ1n) is 7.75. The normalized spacial score (nSPS) is 19.0. The van der Waals surface area contributed by atoms with Crippen LogP contribution in [0.4, 0.5) is 0 Å². The summed E-state index contributed by atoms with van der Waals surface area (Å²) < 4.78 is 5.34. The number of hydrogen-bond donors (Lipinski definition) is 1. The van der Waals surface area contributed by atoms with Crippen molar-refractivity contribution in [3.63, 3.8) is 0 Å². The highest BCUT2D eigenvalue weighted by molar-refractivity contribution is 5.69. The van der Waals surface area contributed by atoms with E-state index in [4.69, 9.17) is 4.74 Å². The van der Waals surface area contributed by atoms with Gasteiger partial charge >= 0.3 is 5.97 Å². The number of aliphatic hydroxyl groups excluding tert-OH is 1. The van der Waals surface area contributed by atoms with Gasteiger partial charge in [-0.2, -0.15) is 0 Å². The Labute approximate surface area is 137 Å². The average Bonchev–Trinajstić information content (AvgIpc) is 2.55. The van der Waals surface area contributed by atoms with Crippen molar-refractivity contribution in [1.82, 2.24) is 0 Å². The second-order valence-electron chi connectivity index (χ2n) is 5.28. The number of benzene rings is 1. The highest BCUT2D eigenvalue weighted by Gasteiger charge is 2.14. The predicted octanol–water partition coefficient (Wildman–Crippen LogP) is 3.07. The third-order valence-corrected chi connectivity index (χ3v) is 3.42. The van der Waals surface area contributed by atoms with Gasteiger partial charge in [-0.15, -0.1) is 0 Å². The Hall–Kier alpha value is -2.49. The van der Waals surface area contributed by atoms with Crippen molar-refractivity contribution in [2.75, 3.05) is 0 Å². The van der Waals surface area contributed by atoms with Gasteiger partial charge in [0.05, 0.1) is 12.2 Å². The topological polar surface area (TPSA) is 46.5 Å². The number of ether oxygens (including phenoxy) is 1. The Kier molecular flexibility index (Phi) is 6.48. The molecule has 3 heteroatoms. The molecular formula is C20H20O3. The maximum absolute atomic E-state index is 11.4. The molecule has 0 bridgehead atoms. The van der Waals surface area contributed by atoms with E-state index in [0.29, 0.717) is 5.57 Å². The summed E-state index contributed by atoms with van der Waals surface area (Å²) in [5.41, 5.74) is 2.30. The molecular weight excluding hydrogens is 288 g/mol. The standard InChI is InChI=1S/C20H20O3/c1-16(22)23-20-13-7-5-3-2-4-6-11-18(20)14-17-10-8-9-12-19(17)15-21/h8-10,12,14,20-21H,2-5,15H2,1H3. The molecule has 1 atom stereocenters. The molecule has 1 aliphatic rings. The minimum atomic E-state index is -0.662. The van der Waals surface area contributed by atoms with E-state index in [-0.39, 0.29) is 12.6 Å². The lowest BCUT2D eigenvalue weighted by atomic mass is 10.0. The summed E-state index contributed by atoms with van der Waals surface area (Å²) in [6, 6.07) is 7.52. The van der Waals surface area contributed by atoms with Crippen molar-refractivity contribution in [1.29, 1.82) is 0 Å². The van der Waals surface area contributed by atoms with Gasteiger partial charge in [0.25, 0.3) is 0 Å². The fourth-order valence-electron chi connectivity index (χ4n) is 2.26. The quantitative estimate of drug-likeness (QED) is 0.689. The monoisotopic (exact) mass is 308 g/mol. The van der Waals surface area contributed by atoms with E-state index < -0.39 is 6.10 Å². The molecule has 1 aromatic rings. The maximum Gasteiger partial charge on any atom is 0.304 e. The first kappa shape index (κ1) is 16.9. The summed E-state index contributed by atoms with van der Waals surface area (Å²) in [7, 11) is 0. The summed E-state index contributed by atoms with van der Waals surface area (Å²) >= 11 is 0. The molecule has 1 unspecified atom stereocenters. The molecule has 0 radical (unpaired) electrons. The zero-order valence-electron chi connectivity index (χ0n) is 13.3. The van der Waals surface area contributed by atoms with Crippen molar-refractivity contribution in [3.05, 3.63) is 41.0 Å². The van der Waals surface area contributed by atoms with Gasteiger partial charge in [-0.3, -0.25) is 4.79 Å². The van der Waals surface area contributed by atoms with Gasteiger partial charge in [-0.05, 0) is 30.0 Å². The zero-order chi connectivity index (χ0) is 16.5. The molecule has 0 fully saturated rings. The van der Waals surface area contributed by atoms with E-state index in [0.717, 1.165) is 36.8 Å². The van der Waals surface area contributed by atoms with E-state index in [1.807, 2.05) is 30.3 Å². The Balaban J connectivity index is 2.44. The van der Waals surface area contributed by atoms with Gasteiger partial charge in [-0.25, -0.2) is 0 Å². The van der Waals surface area contributed by atoms with Crippen LogP contribution in [0.1, 0.15) is 43.7 Å². The van der Waals surface area contributed by atoms with Crippen LogP contribution >= 0.6 is 0 Å². The molecule has 0 saturated carbocycles. The predicted molar refractivity (Wildman–Crippen MR) is 89.9 cm³/mol. The summed E-state index contributed by atoms with van der Waals surface area (Å²) in [6.45, 7) is 1.31. The molecule has 1 N–H and O–H groups in total. The van der Waals surface area contributed by atoms with Crippen LogP contribution in [-0.4, -0.2) is 17.2 Å². The van der Waals surface area contributed by atoms with Crippen molar-refractivity contribution < 1.29 is 14.6 Å². The summed E-state index contributed by atoms with van der Waals surface area (Å²) in [5.74, 6) is 11.9. The third kappa shape index (κ3) is 5.33. The van der Waals surface area contributed by atoms with Crippen molar-refractivity contribution >= 4 is 12.0 Å². The minimum Gasteiger partial charge on any atom is -0.444 e. The molecule has 0 saturated heterocycles. The maximum atomic E-state index is 11.4. The van der Waals surface area contributed by atoms with Gasteiger partial charge in [-0.1, -0.05) is 47.9 Å². The number of rotatable bonds is 3. The first-order chi connectivity index (χ1) is 11.2. The van der Waals surface area contributed by atoms with Crippen LogP contribution in [-0.2, 0) is 16.1 Å². The lowest BCUT2D eigenvalue weighted by Gasteiger charge is -2.12. The second-order valence-corrected chi connectivity index (χ2v) is 5.28. The van der Waals surface area contributed by atoms with Crippen LogP contribution in [0.25, 0.3) is 6.08 Å². The fourth-order valence-corrected chi connectivity index (χ4v) is 2.26. The van der Waals surface area contributed by atoms with E-state index in [1.54, 1.807) is 0 Å². The molecule has 0 aliphatic heterocycles. The van der Waals surface area contributed by atoms with Crippen molar-refractivity contribution in [2.24, 2.45) is 0 Å². The Bertz CT molecular complexity index is 708. The molecule has 0 heterocycles. The van der Waals surface area contributed by atoms with Crippen molar-refractivity contribution in [3.8, 4) is 23.7 Å². The number of aliphatic hydroxyl groups is 1. The fraction of sp³-hybridized carbons (Fsp3) is 0.350. The largest absolute Gasteiger partial charge is 0.444 e. The second kappa shape index (κ2) is 8.83. The Morgan fingerprint density at radius 1 is 1.30 bits per heavy atom. The Morgan fingerprint density at radius 2 is 2.04 bits per heavy atom. The van der Waals surface area contributed by atoms with Crippen LogP contribution in [0.2, 0.25) is 0 Å². The molecule has 1 aliphatic carbocycles. The number of carbonyl (C=O) groups excluding carboxylic acids is 1. The minimum absolute atomic E-state index is 0.0582. The molecule has 0 amide bonds. The van der Waals surface area contributed by atoms with E-state index >= 15 is 0 Å².